The molecule has 1 aliphatic rings. The Balaban J connectivity index is 1.71. The highest BCUT2D eigenvalue weighted by Gasteiger charge is 2.21. The summed E-state index contributed by atoms with van der Waals surface area (Å²) >= 11 is 0. The van der Waals surface area contributed by atoms with Crippen LogP contribution in [0.1, 0.15) is 0 Å². The molecule has 1 atom stereocenters. The van der Waals surface area contributed by atoms with E-state index in [1.807, 2.05) is 0 Å². The van der Waals surface area contributed by atoms with Crippen molar-refractivity contribution in [3.8, 4) is 0 Å². The normalized spacial score (nSPS) is 25.7. The van der Waals surface area contributed by atoms with Crippen molar-refractivity contribution in [2.45, 2.75) is 18.7 Å². The van der Waals surface area contributed by atoms with Gasteiger partial charge in [-0.1, -0.05) is 6.55 Å². The van der Waals surface area contributed by atoms with Crippen LogP contribution < -0.4 is 0 Å². The molecular weight excluding hydrogens is 132 g/mol. The van der Waals surface area contributed by atoms with Gasteiger partial charge in [-0.25, -0.2) is 0 Å². The molecule has 0 aromatic carbocycles. The monoisotopic (exact) mass is 146 g/mol. The Bertz CT molecular complexity index is 73.5. The number of epoxide rings is 1. The standard InChI is InChI=1S/C6H14O2Si/c1-9-3-2-7-4-6-5-8-6/h6H,2-5,9H2,1H3. The Morgan fingerprint density at radius 1 is 1.78 bits per heavy atom. The van der Waals surface area contributed by atoms with Crippen LogP contribution >= 0.6 is 0 Å². The number of ether oxygens (including phenoxy) is 2. The second-order valence-electron chi connectivity index (χ2n) is 2.38. The van der Waals surface area contributed by atoms with E-state index < -0.39 is 0 Å². The summed E-state index contributed by atoms with van der Waals surface area (Å²) in [6.45, 7) is 5.01. The molecule has 0 saturated carbocycles. The van der Waals surface area contributed by atoms with Crippen molar-refractivity contribution in [3.63, 3.8) is 0 Å². The zero-order valence-electron chi connectivity index (χ0n) is 5.93. The van der Waals surface area contributed by atoms with Crippen molar-refractivity contribution in [2.75, 3.05) is 19.8 Å². The third kappa shape index (κ3) is 3.67. The number of hydrogen-bond acceptors (Lipinski definition) is 2. The Kier molecular flexibility index (Phi) is 3.25. The van der Waals surface area contributed by atoms with Crippen LogP contribution in [0, 0.1) is 0 Å². The average molecular weight is 146 g/mol. The largest absolute Gasteiger partial charge is 0.379 e. The van der Waals surface area contributed by atoms with E-state index in [1.165, 1.54) is 6.04 Å². The quantitative estimate of drug-likeness (QED) is 0.310. The van der Waals surface area contributed by atoms with Gasteiger partial charge in [-0.05, 0) is 6.04 Å². The lowest BCUT2D eigenvalue weighted by Crippen LogP contribution is -2.03. The average Bonchev–Trinajstić information content (AvgIpc) is 2.63. The van der Waals surface area contributed by atoms with Crippen LogP contribution in [0.2, 0.25) is 12.6 Å². The first-order chi connectivity index (χ1) is 4.43. The van der Waals surface area contributed by atoms with Gasteiger partial charge in [0.15, 0.2) is 0 Å². The number of hydrogen-bond donors (Lipinski definition) is 0. The lowest BCUT2D eigenvalue weighted by molar-refractivity contribution is 0.128. The molecule has 2 nitrogen and oxygen atoms in total. The molecule has 0 bridgehead atoms. The molecule has 0 aliphatic carbocycles. The van der Waals surface area contributed by atoms with Crippen LogP contribution in [-0.2, 0) is 9.47 Å². The lowest BCUT2D eigenvalue weighted by atomic mass is 10.5. The van der Waals surface area contributed by atoms with Crippen molar-refractivity contribution >= 4 is 9.52 Å². The van der Waals surface area contributed by atoms with E-state index in [0.717, 1.165) is 19.8 Å². The minimum atomic E-state index is 0.224. The van der Waals surface area contributed by atoms with Gasteiger partial charge < -0.3 is 9.47 Å². The molecule has 54 valence electrons. The van der Waals surface area contributed by atoms with Crippen LogP contribution in [0.5, 0.6) is 0 Å². The Morgan fingerprint density at radius 3 is 3.11 bits per heavy atom. The van der Waals surface area contributed by atoms with Crippen LogP contribution in [0.25, 0.3) is 0 Å². The van der Waals surface area contributed by atoms with E-state index in [1.54, 1.807) is 0 Å². The van der Waals surface area contributed by atoms with Gasteiger partial charge >= 0.3 is 0 Å². The summed E-state index contributed by atoms with van der Waals surface area (Å²) in [4.78, 5) is 0. The van der Waals surface area contributed by atoms with Gasteiger partial charge in [0.2, 0.25) is 0 Å². The molecular formula is C6H14O2Si. The Labute approximate surface area is 58.4 Å². The highest BCUT2D eigenvalue weighted by atomic mass is 28.2. The highest BCUT2D eigenvalue weighted by molar-refractivity contribution is 6.33. The third-order valence-corrected chi connectivity index (χ3v) is 2.34. The van der Waals surface area contributed by atoms with E-state index >= 15 is 0 Å². The lowest BCUT2D eigenvalue weighted by Gasteiger charge is -1.97. The summed E-state index contributed by atoms with van der Waals surface area (Å²) in [5.74, 6) is 0. The molecule has 1 fully saturated rings. The van der Waals surface area contributed by atoms with Crippen molar-refractivity contribution in [1.29, 1.82) is 0 Å². The maximum Gasteiger partial charge on any atom is 0.104 e. The first-order valence-corrected chi connectivity index (χ1v) is 6.04. The van der Waals surface area contributed by atoms with Crippen molar-refractivity contribution in [1.82, 2.24) is 0 Å². The first kappa shape index (κ1) is 7.25. The fraction of sp³-hybridized carbons (Fsp3) is 1.00. The molecule has 1 unspecified atom stereocenters. The maximum atomic E-state index is 5.31. The fourth-order valence-corrected chi connectivity index (χ4v) is 1.12. The molecule has 1 aliphatic heterocycles. The maximum absolute atomic E-state index is 5.31. The zero-order valence-corrected chi connectivity index (χ0v) is 7.34. The third-order valence-electron chi connectivity index (χ3n) is 1.35. The van der Waals surface area contributed by atoms with Gasteiger partial charge in [0.25, 0.3) is 0 Å². The van der Waals surface area contributed by atoms with Crippen LogP contribution in [-0.4, -0.2) is 35.4 Å². The summed E-state index contributed by atoms with van der Waals surface area (Å²) in [5.41, 5.74) is 0. The fourth-order valence-electron chi connectivity index (χ4n) is 0.625. The molecule has 0 radical (unpaired) electrons. The van der Waals surface area contributed by atoms with Gasteiger partial charge in [-0.15, -0.1) is 0 Å². The van der Waals surface area contributed by atoms with E-state index in [-0.39, 0.29) is 9.52 Å². The van der Waals surface area contributed by atoms with Crippen LogP contribution in [0.15, 0.2) is 0 Å². The molecule has 1 saturated heterocycles. The number of rotatable bonds is 5. The van der Waals surface area contributed by atoms with E-state index in [0.29, 0.717) is 6.10 Å². The first-order valence-electron chi connectivity index (χ1n) is 3.63. The Hall–Kier alpha value is 0.137. The highest BCUT2D eigenvalue weighted by Crippen LogP contribution is 2.08. The predicted octanol–water partition coefficient (Wildman–Crippen LogP) is 0.0370. The predicted molar refractivity (Wildman–Crippen MR) is 39.8 cm³/mol. The van der Waals surface area contributed by atoms with E-state index in [4.69, 9.17) is 9.47 Å². The molecule has 0 N–H and O–H groups in total. The summed E-state index contributed by atoms with van der Waals surface area (Å²) in [7, 11) is 0.224. The smallest absolute Gasteiger partial charge is 0.104 e. The Morgan fingerprint density at radius 2 is 2.56 bits per heavy atom. The second kappa shape index (κ2) is 4.03. The van der Waals surface area contributed by atoms with Crippen molar-refractivity contribution in [3.05, 3.63) is 0 Å². The second-order valence-corrected chi connectivity index (χ2v) is 4.09. The molecule has 1 rings (SSSR count). The van der Waals surface area contributed by atoms with Gasteiger partial charge in [-0.2, -0.15) is 0 Å². The topological polar surface area (TPSA) is 21.8 Å². The minimum Gasteiger partial charge on any atom is -0.379 e. The van der Waals surface area contributed by atoms with Crippen molar-refractivity contribution < 1.29 is 9.47 Å². The molecule has 0 spiro atoms. The van der Waals surface area contributed by atoms with E-state index in [9.17, 15) is 0 Å². The van der Waals surface area contributed by atoms with Crippen molar-refractivity contribution in [2.24, 2.45) is 0 Å². The minimum absolute atomic E-state index is 0.224. The molecule has 9 heavy (non-hydrogen) atoms. The molecule has 0 aromatic rings. The van der Waals surface area contributed by atoms with Crippen LogP contribution in [0.4, 0.5) is 0 Å². The summed E-state index contributed by atoms with van der Waals surface area (Å²) in [6, 6.07) is 1.31. The van der Waals surface area contributed by atoms with Crippen LogP contribution in [0.3, 0.4) is 0 Å². The summed E-state index contributed by atoms with van der Waals surface area (Å²) in [5, 5.41) is 0. The molecule has 1 heterocycles. The molecule has 0 amide bonds. The van der Waals surface area contributed by atoms with Gasteiger partial charge in [0.1, 0.15) is 6.10 Å². The van der Waals surface area contributed by atoms with E-state index in [2.05, 4.69) is 6.55 Å². The zero-order chi connectivity index (χ0) is 6.53. The van der Waals surface area contributed by atoms with Gasteiger partial charge in [-0.3, -0.25) is 0 Å². The molecule has 3 heteroatoms. The molecule has 0 aromatic heterocycles. The summed E-state index contributed by atoms with van der Waals surface area (Å²) in [6.07, 6.45) is 0.448. The van der Waals surface area contributed by atoms with Gasteiger partial charge in [0.05, 0.1) is 13.2 Å². The summed E-state index contributed by atoms with van der Waals surface area (Å²) < 4.78 is 10.3. The SMILES string of the molecule is C[SiH2]CCOCC1CO1. The van der Waals surface area contributed by atoms with Gasteiger partial charge in [0, 0.05) is 16.1 Å².